The number of anilines is 1. The lowest BCUT2D eigenvalue weighted by Gasteiger charge is -2.34. The Morgan fingerprint density at radius 2 is 1.91 bits per heavy atom. The highest BCUT2D eigenvalue weighted by molar-refractivity contribution is 7.21. The summed E-state index contributed by atoms with van der Waals surface area (Å²) < 4.78 is 45.5. The predicted octanol–water partition coefficient (Wildman–Crippen LogP) is 6.14. The summed E-state index contributed by atoms with van der Waals surface area (Å²) in [7, 11) is 0. The average molecular weight is 552 g/mol. The zero-order chi connectivity index (χ0) is 25.0. The number of Topliss-reactive ketones (excluding diaryl/α,β-unsaturated/α-hetero) is 1. The van der Waals surface area contributed by atoms with Crippen LogP contribution in [-0.2, 0) is 22.1 Å². The van der Waals surface area contributed by atoms with E-state index in [-0.39, 0.29) is 38.5 Å². The number of carbonyl (C=O) groups is 2. The van der Waals surface area contributed by atoms with Crippen LogP contribution in [0.4, 0.5) is 18.9 Å². The summed E-state index contributed by atoms with van der Waals surface area (Å²) in [5, 5.41) is 1.88. The molecule has 1 atom stereocenters. The van der Waals surface area contributed by atoms with Gasteiger partial charge in [0, 0.05) is 6.42 Å². The summed E-state index contributed by atoms with van der Waals surface area (Å²) in [6.07, 6.45) is -4.40. The molecule has 3 aromatic rings. The Bertz CT molecular complexity index is 1280. The Labute approximate surface area is 210 Å². The van der Waals surface area contributed by atoms with Crippen molar-refractivity contribution >= 4 is 73.5 Å². The molecule has 6 nitrogen and oxygen atoms in total. The molecule has 0 aliphatic carbocycles. The van der Waals surface area contributed by atoms with Gasteiger partial charge in [-0.05, 0) is 39.0 Å². The fraction of sp³-hybridized carbons (Fsp3) is 0.381. The number of nitrogens with one attached hydrogen (secondary N) is 1. The van der Waals surface area contributed by atoms with Crippen molar-refractivity contribution < 1.29 is 27.5 Å². The molecule has 1 N–H and O–H groups in total. The molecule has 13 heteroatoms. The second kappa shape index (κ2) is 8.94. The Kier molecular flexibility index (Phi) is 6.62. The molecular weight excluding hydrogens is 534 g/mol. The number of rotatable bonds is 4. The topological polar surface area (TPSA) is 71.5 Å². The van der Waals surface area contributed by atoms with Crippen LogP contribution in [0.5, 0.6) is 0 Å². The number of ether oxygens (including phenoxy) is 1. The van der Waals surface area contributed by atoms with E-state index >= 15 is 0 Å². The molecule has 34 heavy (non-hydrogen) atoms. The van der Waals surface area contributed by atoms with Gasteiger partial charge >= 0.3 is 12.1 Å². The van der Waals surface area contributed by atoms with Crippen molar-refractivity contribution in [3.63, 3.8) is 0 Å². The summed E-state index contributed by atoms with van der Waals surface area (Å²) in [4.78, 5) is 30.0. The Morgan fingerprint density at radius 1 is 1.21 bits per heavy atom. The van der Waals surface area contributed by atoms with Crippen molar-refractivity contribution in [2.24, 2.45) is 0 Å². The minimum Gasteiger partial charge on any atom is -0.459 e. The molecule has 4 rings (SSSR count). The number of aromatic nitrogens is 1. The van der Waals surface area contributed by atoms with Crippen LogP contribution in [-0.4, -0.2) is 34.9 Å². The van der Waals surface area contributed by atoms with Gasteiger partial charge in [-0.1, -0.05) is 23.2 Å². The highest BCUT2D eigenvalue weighted by atomic mass is 35.5. The normalized spacial score (nSPS) is 16.8. The van der Waals surface area contributed by atoms with Crippen LogP contribution in [0, 0.1) is 0 Å². The van der Waals surface area contributed by atoms with Crippen LogP contribution >= 0.6 is 45.9 Å². The first-order chi connectivity index (χ1) is 15.7. The first kappa shape index (κ1) is 25.2. The first-order valence-corrected chi connectivity index (χ1v) is 12.4. The van der Waals surface area contributed by atoms with E-state index in [0.717, 1.165) is 23.5 Å². The highest BCUT2D eigenvalue weighted by Crippen LogP contribution is 2.45. The smallest absolute Gasteiger partial charge is 0.416 e. The fourth-order valence-corrected chi connectivity index (χ4v) is 6.21. The van der Waals surface area contributed by atoms with E-state index < -0.39 is 29.4 Å². The van der Waals surface area contributed by atoms with Crippen molar-refractivity contribution in [1.82, 2.24) is 10.4 Å². The Hall–Kier alpha value is -1.92. The molecule has 1 aromatic carbocycles. The molecule has 0 saturated carbocycles. The Morgan fingerprint density at radius 3 is 2.56 bits per heavy atom. The summed E-state index contributed by atoms with van der Waals surface area (Å²) in [6.45, 7) is 4.96. The summed E-state index contributed by atoms with van der Waals surface area (Å²) in [5.74, 6) is -0.893. The van der Waals surface area contributed by atoms with Crippen molar-refractivity contribution in [2.45, 2.75) is 45.0 Å². The molecule has 0 bridgehead atoms. The number of benzene rings is 1. The standard InChI is InChI=1S/C21H18Cl2F3N3O3S2/c1-20(2,3)32-14(30)8-29-16-15(18(22)34-19(16)23)17(31)11(28-29)7-13-27-10-6-9(21(24,25)26)4-5-12(10)33-13/h4-6,11,28H,7-8H2,1-3H3. The van der Waals surface area contributed by atoms with Crippen molar-refractivity contribution in [3.8, 4) is 0 Å². The molecule has 1 aliphatic rings. The third-order valence-corrected chi connectivity index (χ3v) is 7.43. The lowest BCUT2D eigenvalue weighted by Crippen LogP contribution is -2.55. The number of alkyl halides is 3. The van der Waals surface area contributed by atoms with Crippen molar-refractivity contribution in [3.05, 3.63) is 43.0 Å². The SMILES string of the molecule is CC(C)(C)OC(=O)CN1NC(Cc2nc3cc(C(F)(F)F)ccc3s2)C(=O)c2c(Cl)sc(Cl)c21. The van der Waals surface area contributed by atoms with Gasteiger partial charge in [0.25, 0.3) is 0 Å². The van der Waals surface area contributed by atoms with Gasteiger partial charge in [-0.25, -0.2) is 10.4 Å². The maximum atomic E-state index is 13.2. The summed E-state index contributed by atoms with van der Waals surface area (Å²) in [5.41, 5.74) is 2.16. The quantitative estimate of drug-likeness (QED) is 0.392. The zero-order valence-electron chi connectivity index (χ0n) is 18.0. The lowest BCUT2D eigenvalue weighted by molar-refractivity contribution is -0.153. The highest BCUT2D eigenvalue weighted by Gasteiger charge is 2.39. The fourth-order valence-electron chi connectivity index (χ4n) is 3.49. The van der Waals surface area contributed by atoms with Gasteiger partial charge in [0.15, 0.2) is 5.78 Å². The van der Waals surface area contributed by atoms with Crippen LogP contribution in [0.15, 0.2) is 18.2 Å². The van der Waals surface area contributed by atoms with E-state index in [1.54, 1.807) is 20.8 Å². The van der Waals surface area contributed by atoms with Crippen LogP contribution in [0.3, 0.4) is 0 Å². The number of nitrogens with zero attached hydrogens (tertiary/aromatic N) is 2. The molecule has 1 unspecified atom stereocenters. The van der Waals surface area contributed by atoms with Gasteiger partial charge in [0.2, 0.25) is 0 Å². The minimum absolute atomic E-state index is 0.0770. The predicted molar refractivity (Wildman–Crippen MR) is 127 cm³/mol. The van der Waals surface area contributed by atoms with E-state index in [2.05, 4.69) is 10.4 Å². The van der Waals surface area contributed by atoms with E-state index in [4.69, 9.17) is 27.9 Å². The maximum Gasteiger partial charge on any atom is 0.416 e. The van der Waals surface area contributed by atoms with Gasteiger partial charge < -0.3 is 4.74 Å². The van der Waals surface area contributed by atoms with Gasteiger partial charge in [-0.2, -0.15) is 13.2 Å². The third kappa shape index (κ3) is 5.18. The van der Waals surface area contributed by atoms with Gasteiger partial charge in [0.1, 0.15) is 20.8 Å². The first-order valence-electron chi connectivity index (χ1n) is 9.97. The van der Waals surface area contributed by atoms with Crippen molar-refractivity contribution in [1.29, 1.82) is 0 Å². The van der Waals surface area contributed by atoms with Gasteiger partial charge in [-0.15, -0.1) is 22.7 Å². The average Bonchev–Trinajstić information content (AvgIpc) is 3.22. The van der Waals surface area contributed by atoms with E-state index in [1.807, 2.05) is 0 Å². The van der Waals surface area contributed by atoms with Crippen LogP contribution in [0.1, 0.15) is 41.7 Å². The molecule has 3 heterocycles. The second-order valence-electron chi connectivity index (χ2n) is 8.58. The number of hydrogen-bond acceptors (Lipinski definition) is 8. The summed E-state index contributed by atoms with van der Waals surface area (Å²) in [6, 6.07) is 2.47. The van der Waals surface area contributed by atoms with E-state index in [1.165, 1.54) is 22.4 Å². The number of thiazole rings is 1. The molecule has 0 radical (unpaired) electrons. The molecule has 0 saturated heterocycles. The van der Waals surface area contributed by atoms with Gasteiger partial charge in [-0.3, -0.25) is 14.6 Å². The number of hydrogen-bond donors (Lipinski definition) is 1. The number of carbonyl (C=O) groups excluding carboxylic acids is 2. The second-order valence-corrected chi connectivity index (χ2v) is 11.9. The van der Waals surface area contributed by atoms with Gasteiger partial charge in [0.05, 0.1) is 38.1 Å². The zero-order valence-corrected chi connectivity index (χ0v) is 21.2. The monoisotopic (exact) mass is 551 g/mol. The largest absolute Gasteiger partial charge is 0.459 e. The van der Waals surface area contributed by atoms with E-state index in [0.29, 0.717) is 15.4 Å². The number of halogens is 5. The van der Waals surface area contributed by atoms with Crippen molar-refractivity contribution in [2.75, 3.05) is 11.6 Å². The molecule has 1 aliphatic heterocycles. The Balaban J connectivity index is 1.63. The van der Waals surface area contributed by atoms with Crippen LogP contribution in [0.25, 0.3) is 10.2 Å². The number of esters is 1. The molecule has 0 fully saturated rings. The molecule has 0 spiro atoms. The van der Waals surface area contributed by atoms with Crippen LogP contribution < -0.4 is 10.4 Å². The maximum absolute atomic E-state index is 13.2. The molecule has 0 amide bonds. The number of thiophene rings is 1. The van der Waals surface area contributed by atoms with E-state index in [9.17, 15) is 22.8 Å². The number of fused-ring (bicyclic) bond motifs is 2. The summed E-state index contributed by atoms with van der Waals surface area (Å²) >= 11 is 14.8. The molecular formula is C21H18Cl2F3N3O3S2. The number of ketones is 1. The minimum atomic E-state index is -4.48. The lowest BCUT2D eigenvalue weighted by atomic mass is 10.0. The van der Waals surface area contributed by atoms with Crippen LogP contribution in [0.2, 0.25) is 8.67 Å². The number of hydrazine groups is 1. The molecule has 2 aromatic heterocycles. The molecule has 182 valence electrons. The third-order valence-electron chi connectivity index (χ3n) is 4.79.